The third kappa shape index (κ3) is 6.50. The maximum atomic E-state index is 12.3. The van der Waals surface area contributed by atoms with Crippen LogP contribution in [-0.4, -0.2) is 28.9 Å². The Bertz CT molecular complexity index is 1070. The molecule has 0 fully saturated rings. The Morgan fingerprint density at radius 1 is 1.00 bits per heavy atom. The molecule has 0 saturated carbocycles. The number of ether oxygens (including phenoxy) is 1. The third-order valence-corrected chi connectivity index (χ3v) is 5.90. The van der Waals surface area contributed by atoms with Gasteiger partial charge in [0.1, 0.15) is 11.3 Å². The zero-order valence-electron chi connectivity index (χ0n) is 19.3. The number of thiazole rings is 1. The van der Waals surface area contributed by atoms with E-state index in [0.717, 1.165) is 28.5 Å². The summed E-state index contributed by atoms with van der Waals surface area (Å²) in [5.41, 5.74) is 2.88. The van der Waals surface area contributed by atoms with Crippen molar-refractivity contribution in [2.75, 3.05) is 11.4 Å². The average Bonchev–Trinajstić information content (AvgIpc) is 3.13. The van der Waals surface area contributed by atoms with Crippen LogP contribution in [0.2, 0.25) is 0 Å². The summed E-state index contributed by atoms with van der Waals surface area (Å²) in [6.07, 6.45) is 0.787. The molecule has 0 aliphatic rings. The molecule has 0 atom stereocenters. The number of esters is 1. The molecule has 0 bridgehead atoms. The summed E-state index contributed by atoms with van der Waals surface area (Å²) in [5.74, 6) is -0.327. The summed E-state index contributed by atoms with van der Waals surface area (Å²) < 4.78 is 5.44. The van der Waals surface area contributed by atoms with Crippen molar-refractivity contribution in [3.63, 3.8) is 0 Å². The first kappa shape index (κ1) is 23.7. The van der Waals surface area contributed by atoms with E-state index in [0.29, 0.717) is 17.8 Å². The summed E-state index contributed by atoms with van der Waals surface area (Å²) in [5, 5.41) is 0.849. The Morgan fingerprint density at radius 2 is 1.66 bits per heavy atom. The van der Waals surface area contributed by atoms with Gasteiger partial charge in [-0.2, -0.15) is 0 Å². The van der Waals surface area contributed by atoms with E-state index in [1.807, 2.05) is 70.2 Å². The van der Waals surface area contributed by atoms with Crippen LogP contribution in [0.25, 0.3) is 0 Å². The number of rotatable bonds is 8. The zero-order valence-corrected chi connectivity index (χ0v) is 20.2. The van der Waals surface area contributed by atoms with Gasteiger partial charge >= 0.3 is 5.97 Å². The van der Waals surface area contributed by atoms with Gasteiger partial charge in [-0.1, -0.05) is 42.5 Å². The Hall–Kier alpha value is -2.99. The predicted molar refractivity (Wildman–Crippen MR) is 130 cm³/mol. The Morgan fingerprint density at radius 3 is 2.22 bits per heavy atom. The standard InChI is InChI=1S/C26H30N2O3S/c1-18(29)23-19(2)32-25(27-23)28(17-21-9-7-6-8-10-21)16-15-20-11-13-22(14-12-20)24(30)31-26(3,4)5/h6-14H,15-17H2,1-5H3. The van der Waals surface area contributed by atoms with Gasteiger partial charge in [-0.3, -0.25) is 4.79 Å². The van der Waals surface area contributed by atoms with Crippen molar-refractivity contribution in [3.8, 4) is 0 Å². The lowest BCUT2D eigenvalue weighted by Crippen LogP contribution is -2.25. The van der Waals surface area contributed by atoms with Crippen LogP contribution in [0, 0.1) is 6.92 Å². The molecular weight excluding hydrogens is 420 g/mol. The first-order valence-electron chi connectivity index (χ1n) is 10.7. The van der Waals surface area contributed by atoms with Crippen LogP contribution in [0.3, 0.4) is 0 Å². The average molecular weight is 451 g/mol. The second kappa shape index (κ2) is 10.1. The minimum Gasteiger partial charge on any atom is -0.456 e. The van der Waals surface area contributed by atoms with E-state index in [4.69, 9.17) is 4.74 Å². The Kier molecular flexibility index (Phi) is 7.46. The van der Waals surface area contributed by atoms with Crippen molar-refractivity contribution in [1.29, 1.82) is 0 Å². The molecule has 2 aromatic carbocycles. The van der Waals surface area contributed by atoms with Crippen molar-refractivity contribution in [3.05, 3.63) is 81.9 Å². The lowest BCUT2D eigenvalue weighted by molar-refractivity contribution is 0.00694. The van der Waals surface area contributed by atoms with Crippen LogP contribution in [0.4, 0.5) is 5.13 Å². The van der Waals surface area contributed by atoms with Gasteiger partial charge in [-0.15, -0.1) is 11.3 Å². The fraction of sp³-hybridized carbons (Fsp3) is 0.346. The van der Waals surface area contributed by atoms with Crippen molar-refractivity contribution in [2.45, 2.75) is 53.2 Å². The molecule has 6 heteroatoms. The molecule has 0 amide bonds. The lowest BCUT2D eigenvalue weighted by Gasteiger charge is -2.22. The van der Waals surface area contributed by atoms with Gasteiger partial charge in [0.05, 0.1) is 5.56 Å². The lowest BCUT2D eigenvalue weighted by atomic mass is 10.1. The number of carbonyl (C=O) groups excluding carboxylic acids is 2. The number of aromatic nitrogens is 1. The minimum absolute atomic E-state index is 0.0117. The molecule has 1 heterocycles. The highest BCUT2D eigenvalue weighted by atomic mass is 32.1. The fourth-order valence-electron chi connectivity index (χ4n) is 3.30. The molecule has 0 aliphatic heterocycles. The van der Waals surface area contributed by atoms with Gasteiger partial charge in [0.25, 0.3) is 0 Å². The smallest absolute Gasteiger partial charge is 0.338 e. The monoisotopic (exact) mass is 450 g/mol. The van der Waals surface area contributed by atoms with Crippen LogP contribution < -0.4 is 4.90 Å². The molecule has 3 rings (SSSR count). The molecule has 168 valence electrons. The molecule has 3 aromatic rings. The Balaban J connectivity index is 1.74. The SMILES string of the molecule is CC(=O)c1nc(N(CCc2ccc(C(=O)OC(C)(C)C)cc2)Cc2ccccc2)sc1C. The van der Waals surface area contributed by atoms with E-state index in [2.05, 4.69) is 22.0 Å². The van der Waals surface area contributed by atoms with Gasteiger partial charge in [-0.05, 0) is 57.4 Å². The molecule has 0 spiro atoms. The van der Waals surface area contributed by atoms with Gasteiger partial charge in [0, 0.05) is 24.9 Å². The van der Waals surface area contributed by atoms with E-state index in [9.17, 15) is 9.59 Å². The summed E-state index contributed by atoms with van der Waals surface area (Å²) in [6, 6.07) is 17.8. The topological polar surface area (TPSA) is 59.5 Å². The minimum atomic E-state index is -0.516. The second-order valence-corrected chi connectivity index (χ2v) is 10.00. The number of Topliss-reactive ketones (excluding diaryl/α,β-unsaturated/α-hetero) is 1. The molecular formula is C26H30N2O3S. The fourth-order valence-corrected chi connectivity index (χ4v) is 4.28. The molecule has 32 heavy (non-hydrogen) atoms. The number of benzene rings is 2. The quantitative estimate of drug-likeness (QED) is 0.318. The summed E-state index contributed by atoms with van der Waals surface area (Å²) in [4.78, 5) is 31.9. The number of carbonyl (C=O) groups is 2. The molecule has 0 radical (unpaired) electrons. The second-order valence-electron chi connectivity index (χ2n) is 8.81. The number of ketones is 1. The van der Waals surface area contributed by atoms with E-state index in [1.54, 1.807) is 18.3 Å². The number of nitrogens with zero attached hydrogens (tertiary/aromatic N) is 2. The van der Waals surface area contributed by atoms with Gasteiger partial charge < -0.3 is 9.64 Å². The molecule has 1 aromatic heterocycles. The first-order valence-corrected chi connectivity index (χ1v) is 11.5. The van der Waals surface area contributed by atoms with Crippen molar-refractivity contribution in [1.82, 2.24) is 4.98 Å². The summed E-state index contributed by atoms with van der Waals surface area (Å²) >= 11 is 1.55. The normalized spacial score (nSPS) is 11.3. The largest absolute Gasteiger partial charge is 0.456 e. The third-order valence-electron chi connectivity index (χ3n) is 4.86. The van der Waals surface area contributed by atoms with Crippen molar-refractivity contribution < 1.29 is 14.3 Å². The van der Waals surface area contributed by atoms with E-state index in [1.165, 1.54) is 5.56 Å². The molecule has 0 unspecified atom stereocenters. The van der Waals surface area contributed by atoms with Crippen LogP contribution in [-0.2, 0) is 17.7 Å². The number of hydrogen-bond donors (Lipinski definition) is 0. The zero-order chi connectivity index (χ0) is 23.3. The molecule has 0 aliphatic carbocycles. The van der Waals surface area contributed by atoms with Crippen LogP contribution in [0.15, 0.2) is 54.6 Å². The predicted octanol–water partition coefficient (Wildman–Crippen LogP) is 5.86. The molecule has 0 N–H and O–H groups in total. The maximum Gasteiger partial charge on any atom is 0.338 e. The van der Waals surface area contributed by atoms with Gasteiger partial charge in [0.2, 0.25) is 0 Å². The van der Waals surface area contributed by atoms with E-state index in [-0.39, 0.29) is 11.8 Å². The number of aryl methyl sites for hydroxylation is 1. The highest BCUT2D eigenvalue weighted by Gasteiger charge is 2.19. The Labute approximate surface area is 194 Å². The van der Waals surface area contributed by atoms with E-state index < -0.39 is 5.60 Å². The molecule has 0 saturated heterocycles. The van der Waals surface area contributed by atoms with Crippen LogP contribution >= 0.6 is 11.3 Å². The highest BCUT2D eigenvalue weighted by Crippen LogP contribution is 2.27. The van der Waals surface area contributed by atoms with Gasteiger partial charge in [-0.25, -0.2) is 9.78 Å². The van der Waals surface area contributed by atoms with E-state index >= 15 is 0 Å². The van der Waals surface area contributed by atoms with Crippen molar-refractivity contribution >= 4 is 28.2 Å². The highest BCUT2D eigenvalue weighted by molar-refractivity contribution is 7.15. The number of hydrogen-bond acceptors (Lipinski definition) is 6. The van der Waals surface area contributed by atoms with Crippen LogP contribution in [0.1, 0.15) is 64.5 Å². The van der Waals surface area contributed by atoms with Crippen LogP contribution in [0.5, 0.6) is 0 Å². The van der Waals surface area contributed by atoms with Gasteiger partial charge in [0.15, 0.2) is 10.9 Å². The summed E-state index contributed by atoms with van der Waals surface area (Å²) in [6.45, 7) is 10.5. The maximum absolute atomic E-state index is 12.3. The summed E-state index contributed by atoms with van der Waals surface area (Å²) in [7, 11) is 0. The van der Waals surface area contributed by atoms with Crippen molar-refractivity contribution in [2.24, 2.45) is 0 Å². The first-order chi connectivity index (χ1) is 15.1. The molecule has 5 nitrogen and oxygen atoms in total. The number of anilines is 1.